The summed E-state index contributed by atoms with van der Waals surface area (Å²) in [5.74, 6) is 1.30. The van der Waals surface area contributed by atoms with E-state index in [0.29, 0.717) is 17.3 Å². The molecule has 0 aliphatic carbocycles. The zero-order chi connectivity index (χ0) is 11.3. The highest BCUT2D eigenvalue weighted by Gasteiger charge is 2.07. The minimum Gasteiger partial charge on any atom is -0.393 e. The van der Waals surface area contributed by atoms with Crippen LogP contribution in [0.25, 0.3) is 0 Å². The molecule has 84 valence electrons. The van der Waals surface area contributed by atoms with Crippen molar-refractivity contribution < 1.29 is 0 Å². The Bertz CT molecular complexity index is 311. The Hall–Kier alpha value is -1.56. The number of nitrogens with two attached hydrogens (primary N) is 1. The van der Waals surface area contributed by atoms with E-state index in [9.17, 15) is 0 Å². The Morgan fingerprint density at radius 3 is 2.60 bits per heavy atom. The number of nitrogens with one attached hydrogen (secondary N) is 2. The molecule has 0 radical (unpaired) electrons. The average Bonchev–Trinajstić information content (AvgIpc) is 2.19. The first-order valence-corrected chi connectivity index (χ1v) is 4.93. The molecular formula is C9H18N6. The predicted octanol–water partition coefficient (Wildman–Crippen LogP) is 0.769. The zero-order valence-electron chi connectivity index (χ0n) is 9.41. The lowest BCUT2D eigenvalue weighted by Crippen LogP contribution is -2.22. The molecule has 0 atom stereocenters. The van der Waals surface area contributed by atoms with Gasteiger partial charge in [0.2, 0.25) is 0 Å². The van der Waals surface area contributed by atoms with E-state index in [-0.39, 0.29) is 0 Å². The Morgan fingerprint density at radius 2 is 2.00 bits per heavy atom. The van der Waals surface area contributed by atoms with E-state index in [1.54, 1.807) is 5.01 Å². The largest absolute Gasteiger partial charge is 0.393 e. The fraction of sp³-hybridized carbons (Fsp3) is 0.556. The van der Waals surface area contributed by atoms with Gasteiger partial charge in [-0.1, -0.05) is 6.92 Å². The van der Waals surface area contributed by atoms with Gasteiger partial charge in [-0.15, -0.1) is 0 Å². The number of aromatic nitrogens is 2. The van der Waals surface area contributed by atoms with Crippen LogP contribution in [0.5, 0.6) is 0 Å². The minimum atomic E-state index is 0.541. The number of hydrogen-bond donors (Lipinski definition) is 3. The lowest BCUT2D eigenvalue weighted by Gasteiger charge is -2.15. The van der Waals surface area contributed by atoms with Gasteiger partial charge in [0.05, 0.1) is 0 Å². The van der Waals surface area contributed by atoms with Gasteiger partial charge in [0.25, 0.3) is 0 Å². The van der Waals surface area contributed by atoms with Crippen molar-refractivity contribution in [1.82, 2.24) is 15.0 Å². The topological polar surface area (TPSA) is 79.1 Å². The molecule has 6 nitrogen and oxygen atoms in total. The average molecular weight is 210 g/mol. The van der Waals surface area contributed by atoms with Crippen molar-refractivity contribution in [3.8, 4) is 0 Å². The lowest BCUT2D eigenvalue weighted by atomic mass is 10.4. The van der Waals surface area contributed by atoms with Crippen LogP contribution in [0, 0.1) is 0 Å². The molecule has 1 rings (SSSR count). The maximum atomic E-state index is 5.90. The van der Waals surface area contributed by atoms with Crippen LogP contribution in [0.1, 0.15) is 13.3 Å². The smallest absolute Gasteiger partial charge is 0.169 e. The number of hydrogen-bond acceptors (Lipinski definition) is 6. The summed E-state index contributed by atoms with van der Waals surface area (Å²) in [6, 6.07) is 0. The number of hydrazine groups is 1. The molecule has 4 N–H and O–H groups in total. The van der Waals surface area contributed by atoms with Crippen molar-refractivity contribution in [3.63, 3.8) is 0 Å². The van der Waals surface area contributed by atoms with Crippen LogP contribution in [0.4, 0.5) is 17.3 Å². The van der Waals surface area contributed by atoms with Gasteiger partial charge in [0.1, 0.15) is 12.0 Å². The predicted molar refractivity (Wildman–Crippen MR) is 62.5 cm³/mol. The summed E-state index contributed by atoms with van der Waals surface area (Å²) in [4.78, 5) is 8.14. The number of nitrogens with zero attached hydrogens (tertiary/aromatic N) is 3. The molecule has 0 amide bonds. The van der Waals surface area contributed by atoms with Crippen LogP contribution in [0.3, 0.4) is 0 Å². The van der Waals surface area contributed by atoms with Crippen LogP contribution >= 0.6 is 0 Å². The Labute approximate surface area is 89.9 Å². The molecule has 15 heavy (non-hydrogen) atoms. The summed E-state index contributed by atoms with van der Waals surface area (Å²) in [5, 5.41) is 4.92. The molecule has 0 fully saturated rings. The van der Waals surface area contributed by atoms with Gasteiger partial charge in [-0.2, -0.15) is 0 Å². The monoisotopic (exact) mass is 210 g/mol. The third-order valence-corrected chi connectivity index (χ3v) is 1.76. The van der Waals surface area contributed by atoms with Crippen LogP contribution in [0.2, 0.25) is 0 Å². The van der Waals surface area contributed by atoms with Crippen molar-refractivity contribution in [2.24, 2.45) is 0 Å². The molecular weight excluding hydrogens is 192 g/mol. The second kappa shape index (κ2) is 5.35. The Balaban J connectivity index is 2.80. The van der Waals surface area contributed by atoms with Gasteiger partial charge in [0.15, 0.2) is 11.6 Å². The fourth-order valence-corrected chi connectivity index (χ4v) is 1.08. The summed E-state index contributed by atoms with van der Waals surface area (Å²) in [6.07, 6.45) is 2.51. The van der Waals surface area contributed by atoms with E-state index < -0.39 is 0 Å². The number of rotatable bonds is 5. The molecule has 0 bridgehead atoms. The summed E-state index contributed by atoms with van der Waals surface area (Å²) in [6.45, 7) is 2.94. The van der Waals surface area contributed by atoms with Crippen LogP contribution in [-0.4, -0.2) is 35.6 Å². The molecule has 1 aromatic rings. The quantitative estimate of drug-likeness (QED) is 0.623. The summed E-state index contributed by atoms with van der Waals surface area (Å²) < 4.78 is 0. The molecule has 0 saturated carbocycles. The van der Waals surface area contributed by atoms with E-state index >= 15 is 0 Å². The zero-order valence-corrected chi connectivity index (χ0v) is 9.41. The minimum absolute atomic E-state index is 0.541. The Morgan fingerprint density at radius 1 is 1.33 bits per heavy atom. The first kappa shape index (κ1) is 11.5. The summed E-state index contributed by atoms with van der Waals surface area (Å²) in [5.41, 5.74) is 9.44. The highest BCUT2D eigenvalue weighted by Crippen LogP contribution is 2.21. The van der Waals surface area contributed by atoms with Gasteiger partial charge in [-0.25, -0.2) is 15.0 Å². The van der Waals surface area contributed by atoms with Crippen molar-refractivity contribution in [1.29, 1.82) is 0 Å². The van der Waals surface area contributed by atoms with Crippen LogP contribution < -0.4 is 16.5 Å². The Kier molecular flexibility index (Phi) is 4.11. The van der Waals surface area contributed by atoms with Gasteiger partial charge in [0, 0.05) is 20.6 Å². The number of nitrogen functional groups attached to an aromatic ring is 1. The SMILES string of the molecule is CCCNc1ncnc(NN(C)C)c1N. The van der Waals surface area contributed by atoms with E-state index in [4.69, 9.17) is 5.73 Å². The first-order valence-electron chi connectivity index (χ1n) is 4.93. The molecule has 0 saturated heterocycles. The fourth-order valence-electron chi connectivity index (χ4n) is 1.08. The maximum absolute atomic E-state index is 5.90. The first-order chi connectivity index (χ1) is 7.15. The van der Waals surface area contributed by atoms with Gasteiger partial charge < -0.3 is 16.5 Å². The summed E-state index contributed by atoms with van der Waals surface area (Å²) in [7, 11) is 3.75. The molecule has 0 aliphatic heterocycles. The third-order valence-electron chi connectivity index (χ3n) is 1.76. The molecule has 6 heteroatoms. The van der Waals surface area contributed by atoms with Gasteiger partial charge in [-0.3, -0.25) is 0 Å². The third kappa shape index (κ3) is 3.25. The van der Waals surface area contributed by atoms with Crippen molar-refractivity contribution >= 4 is 17.3 Å². The van der Waals surface area contributed by atoms with E-state index in [1.807, 2.05) is 14.1 Å². The van der Waals surface area contributed by atoms with Crippen LogP contribution in [-0.2, 0) is 0 Å². The molecule has 0 unspecified atom stereocenters. The lowest BCUT2D eigenvalue weighted by molar-refractivity contribution is 0.492. The van der Waals surface area contributed by atoms with E-state index in [2.05, 4.69) is 27.6 Å². The van der Waals surface area contributed by atoms with E-state index in [0.717, 1.165) is 13.0 Å². The van der Waals surface area contributed by atoms with Gasteiger partial charge >= 0.3 is 0 Å². The van der Waals surface area contributed by atoms with Crippen molar-refractivity contribution in [2.75, 3.05) is 37.1 Å². The van der Waals surface area contributed by atoms with Crippen LogP contribution in [0.15, 0.2) is 6.33 Å². The maximum Gasteiger partial charge on any atom is 0.169 e. The standard InChI is InChI=1S/C9H18N6/c1-4-5-11-8-7(10)9(13-6-12-8)14-15(2)3/h6H,4-5,10H2,1-3H3,(H2,11,12,13,14). The molecule has 1 heterocycles. The second-order valence-electron chi connectivity index (χ2n) is 3.42. The number of anilines is 3. The van der Waals surface area contributed by atoms with E-state index in [1.165, 1.54) is 6.33 Å². The molecule has 1 aromatic heterocycles. The summed E-state index contributed by atoms with van der Waals surface area (Å²) >= 11 is 0. The molecule has 0 spiro atoms. The molecule has 0 aliphatic rings. The highest BCUT2D eigenvalue weighted by molar-refractivity contribution is 5.73. The normalized spacial score (nSPS) is 10.4. The van der Waals surface area contributed by atoms with Crippen molar-refractivity contribution in [2.45, 2.75) is 13.3 Å². The second-order valence-corrected chi connectivity index (χ2v) is 3.42. The van der Waals surface area contributed by atoms with Crippen molar-refractivity contribution in [3.05, 3.63) is 6.33 Å². The van der Waals surface area contributed by atoms with Gasteiger partial charge in [-0.05, 0) is 6.42 Å². The highest BCUT2D eigenvalue weighted by atomic mass is 15.5. The molecule has 0 aromatic carbocycles.